The molecule has 1 aliphatic carbocycles. The maximum absolute atomic E-state index is 6.22. The first-order chi connectivity index (χ1) is 10.2. The second-order valence-electron chi connectivity index (χ2n) is 6.78. The van der Waals surface area contributed by atoms with E-state index in [9.17, 15) is 0 Å². The van der Waals surface area contributed by atoms with Gasteiger partial charge >= 0.3 is 0 Å². The first kappa shape index (κ1) is 14.7. The summed E-state index contributed by atoms with van der Waals surface area (Å²) >= 11 is 0. The third kappa shape index (κ3) is 3.34. The molecular weight excluding hydrogens is 262 g/mol. The Labute approximate surface area is 128 Å². The van der Waals surface area contributed by atoms with E-state index in [1.807, 2.05) is 0 Å². The molecule has 1 heterocycles. The monoisotopic (exact) mass is 289 g/mol. The molecule has 1 aliphatic heterocycles. The number of benzene rings is 1. The van der Waals surface area contributed by atoms with Gasteiger partial charge in [0.25, 0.3) is 0 Å². The summed E-state index contributed by atoms with van der Waals surface area (Å²) in [6.45, 7) is 8.48. The van der Waals surface area contributed by atoms with E-state index >= 15 is 0 Å². The van der Waals surface area contributed by atoms with E-state index in [0.29, 0.717) is 12.1 Å². The molecule has 1 aromatic rings. The lowest BCUT2D eigenvalue weighted by atomic mass is 9.82. The van der Waals surface area contributed by atoms with Gasteiger partial charge in [-0.25, -0.2) is 0 Å². The molecule has 21 heavy (non-hydrogen) atoms. The van der Waals surface area contributed by atoms with Crippen molar-refractivity contribution in [3.05, 3.63) is 23.8 Å². The molecule has 3 atom stereocenters. The lowest BCUT2D eigenvalue weighted by molar-refractivity contribution is 0.101. The van der Waals surface area contributed by atoms with Crippen molar-refractivity contribution in [2.75, 3.05) is 13.2 Å². The third-order valence-electron chi connectivity index (χ3n) is 4.65. The van der Waals surface area contributed by atoms with Crippen molar-refractivity contribution in [1.29, 1.82) is 0 Å². The zero-order valence-electron chi connectivity index (χ0n) is 13.4. The predicted molar refractivity (Wildman–Crippen MR) is 84.9 cm³/mol. The molecule has 1 N–H and O–H groups in total. The van der Waals surface area contributed by atoms with Crippen LogP contribution in [0.3, 0.4) is 0 Å². The normalized spacial score (nSPS) is 31.6. The summed E-state index contributed by atoms with van der Waals surface area (Å²) in [5, 5.41) is 3.45. The highest BCUT2D eigenvalue weighted by Gasteiger charge is 2.27. The molecule has 1 aromatic carbocycles. The van der Waals surface area contributed by atoms with Gasteiger partial charge in [0, 0.05) is 11.6 Å². The summed E-state index contributed by atoms with van der Waals surface area (Å²) in [6.07, 6.45) is 4.02. The van der Waals surface area contributed by atoms with Crippen molar-refractivity contribution in [3.8, 4) is 11.5 Å². The molecule has 1 saturated carbocycles. The van der Waals surface area contributed by atoms with Gasteiger partial charge in [-0.3, -0.25) is 0 Å². The van der Waals surface area contributed by atoms with E-state index in [4.69, 9.17) is 9.47 Å². The van der Waals surface area contributed by atoms with Crippen LogP contribution in [0, 0.1) is 11.8 Å². The molecule has 3 heteroatoms. The van der Waals surface area contributed by atoms with Gasteiger partial charge in [0.2, 0.25) is 0 Å². The minimum Gasteiger partial charge on any atom is -0.491 e. The smallest absolute Gasteiger partial charge is 0.128 e. The first-order valence-corrected chi connectivity index (χ1v) is 8.32. The van der Waals surface area contributed by atoms with Gasteiger partial charge in [0.15, 0.2) is 0 Å². The van der Waals surface area contributed by atoms with Gasteiger partial charge in [0.05, 0.1) is 12.1 Å². The van der Waals surface area contributed by atoms with Gasteiger partial charge in [-0.15, -0.1) is 0 Å². The van der Waals surface area contributed by atoms with Crippen LogP contribution in [0.5, 0.6) is 11.5 Å². The molecular formula is C18H27NO2. The molecule has 0 bridgehead atoms. The number of hydrogen-bond acceptors (Lipinski definition) is 3. The van der Waals surface area contributed by atoms with Gasteiger partial charge in [-0.2, -0.15) is 0 Å². The van der Waals surface area contributed by atoms with E-state index in [1.54, 1.807) is 0 Å². The van der Waals surface area contributed by atoms with Crippen molar-refractivity contribution >= 4 is 0 Å². The molecule has 3 rings (SSSR count). The van der Waals surface area contributed by atoms with Crippen molar-refractivity contribution in [3.63, 3.8) is 0 Å². The fourth-order valence-corrected chi connectivity index (χ4v) is 3.84. The van der Waals surface area contributed by atoms with Gasteiger partial charge in [0.1, 0.15) is 18.1 Å². The number of rotatable bonds is 4. The second-order valence-corrected chi connectivity index (χ2v) is 6.78. The standard InChI is InChI=1S/C18H27NO2/c1-4-19-17-11-20-18-10-14(5-6-16(17)18)21-15-8-12(2)7-13(3)9-15/h5-6,10,12-13,15,17,19H,4,7-9,11H2,1-3H3. The average molecular weight is 289 g/mol. The number of nitrogens with one attached hydrogen (secondary N) is 1. The maximum atomic E-state index is 6.22. The number of fused-ring (bicyclic) bond motifs is 1. The molecule has 3 unspecified atom stereocenters. The van der Waals surface area contributed by atoms with Crippen LogP contribution < -0.4 is 14.8 Å². The zero-order valence-corrected chi connectivity index (χ0v) is 13.4. The molecule has 1 fully saturated rings. The zero-order chi connectivity index (χ0) is 14.8. The second kappa shape index (κ2) is 6.27. The molecule has 0 amide bonds. The Balaban J connectivity index is 1.67. The topological polar surface area (TPSA) is 30.5 Å². The van der Waals surface area contributed by atoms with Crippen LogP contribution in [0.1, 0.15) is 51.6 Å². The minimum atomic E-state index is 0.328. The molecule has 0 radical (unpaired) electrons. The fourth-order valence-electron chi connectivity index (χ4n) is 3.84. The van der Waals surface area contributed by atoms with Crippen LogP contribution in [0.2, 0.25) is 0 Å². The highest BCUT2D eigenvalue weighted by molar-refractivity contribution is 5.45. The Bertz CT molecular complexity index is 478. The Morgan fingerprint density at radius 2 is 1.95 bits per heavy atom. The van der Waals surface area contributed by atoms with Crippen LogP contribution in [-0.4, -0.2) is 19.3 Å². The molecule has 116 valence electrons. The fraction of sp³-hybridized carbons (Fsp3) is 0.667. The quantitative estimate of drug-likeness (QED) is 0.911. The Morgan fingerprint density at radius 1 is 1.19 bits per heavy atom. The van der Waals surface area contributed by atoms with Crippen molar-refractivity contribution in [1.82, 2.24) is 5.32 Å². The van der Waals surface area contributed by atoms with Crippen LogP contribution >= 0.6 is 0 Å². The summed E-state index contributed by atoms with van der Waals surface area (Å²) in [7, 11) is 0. The molecule has 0 saturated heterocycles. The molecule has 3 nitrogen and oxygen atoms in total. The summed E-state index contributed by atoms with van der Waals surface area (Å²) in [6, 6.07) is 6.65. The highest BCUT2D eigenvalue weighted by Crippen LogP contribution is 2.37. The number of hydrogen-bond donors (Lipinski definition) is 1. The van der Waals surface area contributed by atoms with Gasteiger partial charge in [-0.1, -0.05) is 20.8 Å². The van der Waals surface area contributed by atoms with E-state index in [-0.39, 0.29) is 0 Å². The maximum Gasteiger partial charge on any atom is 0.128 e. The van der Waals surface area contributed by atoms with E-state index in [2.05, 4.69) is 44.3 Å². The summed E-state index contributed by atoms with van der Waals surface area (Å²) in [4.78, 5) is 0. The average Bonchev–Trinajstić information content (AvgIpc) is 2.81. The van der Waals surface area contributed by atoms with Crippen LogP contribution in [0.15, 0.2) is 18.2 Å². The lowest BCUT2D eigenvalue weighted by Gasteiger charge is -2.31. The van der Waals surface area contributed by atoms with E-state index < -0.39 is 0 Å². The number of likely N-dealkylation sites (N-methyl/N-ethyl adjacent to an activating group) is 1. The largest absolute Gasteiger partial charge is 0.491 e. The Hall–Kier alpha value is -1.22. The van der Waals surface area contributed by atoms with Crippen molar-refractivity contribution in [2.24, 2.45) is 11.8 Å². The van der Waals surface area contributed by atoms with Crippen LogP contribution in [0.4, 0.5) is 0 Å². The highest BCUT2D eigenvalue weighted by atomic mass is 16.5. The predicted octanol–water partition coefficient (Wildman–Crippen LogP) is 3.93. The van der Waals surface area contributed by atoms with E-state index in [1.165, 1.54) is 24.8 Å². The first-order valence-electron chi connectivity index (χ1n) is 8.32. The van der Waals surface area contributed by atoms with Gasteiger partial charge < -0.3 is 14.8 Å². The van der Waals surface area contributed by atoms with Crippen molar-refractivity contribution < 1.29 is 9.47 Å². The summed E-state index contributed by atoms with van der Waals surface area (Å²) in [5.41, 5.74) is 1.26. The van der Waals surface area contributed by atoms with Gasteiger partial charge in [-0.05, 0) is 49.8 Å². The summed E-state index contributed by atoms with van der Waals surface area (Å²) in [5.74, 6) is 3.47. The van der Waals surface area contributed by atoms with Crippen molar-refractivity contribution in [2.45, 2.75) is 52.2 Å². The molecule has 0 aromatic heterocycles. The minimum absolute atomic E-state index is 0.328. The Kier molecular flexibility index (Phi) is 4.39. The van der Waals surface area contributed by atoms with E-state index in [0.717, 1.165) is 36.5 Å². The SMILES string of the molecule is CCNC1COc2cc(OC3CC(C)CC(C)C3)ccc21. The third-order valence-corrected chi connectivity index (χ3v) is 4.65. The lowest BCUT2D eigenvalue weighted by Crippen LogP contribution is -2.28. The molecule has 0 spiro atoms. The summed E-state index contributed by atoms with van der Waals surface area (Å²) < 4.78 is 12.0. The van der Waals surface area contributed by atoms with Crippen LogP contribution in [0.25, 0.3) is 0 Å². The number of ether oxygens (including phenoxy) is 2. The molecule has 2 aliphatic rings. The van der Waals surface area contributed by atoms with Crippen LogP contribution in [-0.2, 0) is 0 Å². The Morgan fingerprint density at radius 3 is 2.67 bits per heavy atom.